The van der Waals surface area contributed by atoms with Gasteiger partial charge in [0.05, 0.1) is 39.8 Å². The SMILES string of the molecule is CC(C)(C)c1cc(NC(=O)Nc2ccc(Oc3ccc4c(c3)sc3nc(C(=O)NCCN5CCOCC5)cn34)cc2)n(-c2ccc(O)c(Cl)c2)n1. The molecule has 13 nitrogen and oxygen atoms in total. The van der Waals surface area contributed by atoms with Crippen LogP contribution >= 0.6 is 22.9 Å². The number of nitrogens with one attached hydrogen (secondary N) is 3. The molecule has 0 aliphatic carbocycles. The first-order valence-corrected chi connectivity index (χ1v) is 17.6. The van der Waals surface area contributed by atoms with Crippen LogP contribution in [-0.2, 0) is 10.2 Å². The van der Waals surface area contributed by atoms with Crippen LogP contribution in [0.15, 0.2) is 72.9 Å². The van der Waals surface area contributed by atoms with Crippen LogP contribution < -0.4 is 20.7 Å². The fourth-order valence-corrected chi connectivity index (χ4v) is 6.79. The highest BCUT2D eigenvalue weighted by Crippen LogP contribution is 2.33. The van der Waals surface area contributed by atoms with Crippen molar-refractivity contribution in [2.45, 2.75) is 26.2 Å². The number of urea groups is 1. The number of imidazole rings is 1. The highest BCUT2D eigenvalue weighted by atomic mass is 35.5. The third-order valence-corrected chi connectivity index (χ3v) is 9.68. The maximum atomic E-state index is 13.1. The Morgan fingerprint density at radius 3 is 2.51 bits per heavy atom. The lowest BCUT2D eigenvalue weighted by atomic mass is 9.92. The summed E-state index contributed by atoms with van der Waals surface area (Å²) in [7, 11) is 0. The Morgan fingerprint density at radius 1 is 1.00 bits per heavy atom. The smallest absolute Gasteiger partial charge is 0.324 e. The van der Waals surface area contributed by atoms with Crippen molar-refractivity contribution in [2.75, 3.05) is 50.0 Å². The van der Waals surface area contributed by atoms with Gasteiger partial charge in [0.1, 0.15) is 28.8 Å². The molecule has 6 aromatic rings. The number of ether oxygens (including phenoxy) is 2. The average molecular weight is 729 g/mol. The Kier molecular flexibility index (Phi) is 9.57. The zero-order valence-corrected chi connectivity index (χ0v) is 29.8. The number of phenols is 1. The quantitative estimate of drug-likeness (QED) is 0.126. The first-order valence-electron chi connectivity index (χ1n) is 16.5. The van der Waals surface area contributed by atoms with Crippen LogP contribution in [0.4, 0.5) is 16.3 Å². The zero-order chi connectivity index (χ0) is 35.7. The van der Waals surface area contributed by atoms with E-state index in [1.54, 1.807) is 47.3 Å². The molecule has 4 N–H and O–H groups in total. The van der Waals surface area contributed by atoms with Crippen molar-refractivity contribution in [3.8, 4) is 22.9 Å². The van der Waals surface area contributed by atoms with E-state index in [0.29, 0.717) is 40.9 Å². The number of hydrogen-bond donors (Lipinski definition) is 4. The number of anilines is 2. The highest BCUT2D eigenvalue weighted by molar-refractivity contribution is 7.23. The second-order valence-electron chi connectivity index (χ2n) is 13.1. The summed E-state index contributed by atoms with van der Waals surface area (Å²) in [6.45, 7) is 10.6. The summed E-state index contributed by atoms with van der Waals surface area (Å²) in [6, 6.07) is 18.9. The summed E-state index contributed by atoms with van der Waals surface area (Å²) in [4.78, 5) is 33.4. The third kappa shape index (κ3) is 7.78. The summed E-state index contributed by atoms with van der Waals surface area (Å²) in [6.07, 6.45) is 1.76. The maximum Gasteiger partial charge on any atom is 0.324 e. The standard InChI is InChI=1S/C36H37ClN8O5S/c1-36(2,3)31-20-32(45(42-31)23-6-11-29(46)26(37)18-23)41-34(48)39-22-4-7-24(8-5-22)50-25-9-10-28-30(19-25)51-35-40-27(21-44(28)35)33(47)38-12-13-43-14-16-49-17-15-43/h4-11,18-21,46H,12-17H2,1-3H3,(H,38,47)(H2,39,41,48). The molecule has 1 fully saturated rings. The normalized spacial score (nSPS) is 13.8. The monoisotopic (exact) mass is 728 g/mol. The molecule has 0 unspecified atom stereocenters. The van der Waals surface area contributed by atoms with Crippen molar-refractivity contribution in [1.82, 2.24) is 29.4 Å². The minimum atomic E-state index is -0.461. The number of fused-ring (bicyclic) bond motifs is 3. The summed E-state index contributed by atoms with van der Waals surface area (Å²) in [5, 5.41) is 23.4. The van der Waals surface area contributed by atoms with E-state index >= 15 is 0 Å². The lowest BCUT2D eigenvalue weighted by Crippen LogP contribution is -2.41. The van der Waals surface area contributed by atoms with Gasteiger partial charge >= 0.3 is 6.03 Å². The van der Waals surface area contributed by atoms with E-state index in [1.165, 1.54) is 17.4 Å². The van der Waals surface area contributed by atoms with Crippen molar-refractivity contribution in [3.63, 3.8) is 0 Å². The van der Waals surface area contributed by atoms with Gasteiger partial charge in [-0.1, -0.05) is 43.7 Å². The Labute approximate surface area is 302 Å². The summed E-state index contributed by atoms with van der Waals surface area (Å²) >= 11 is 7.63. The van der Waals surface area contributed by atoms with E-state index in [1.807, 2.05) is 49.4 Å². The number of nitrogens with zero attached hydrogens (tertiary/aromatic N) is 5. The number of benzene rings is 3. The number of carbonyl (C=O) groups excluding carboxylic acids is 2. The number of morpholine rings is 1. The second kappa shape index (κ2) is 14.2. The van der Waals surface area contributed by atoms with Gasteiger partial charge in [-0.3, -0.25) is 19.4 Å². The Balaban J connectivity index is 0.973. The molecule has 7 rings (SSSR count). The molecule has 0 bridgehead atoms. The number of rotatable bonds is 9. The first-order chi connectivity index (χ1) is 24.5. The number of carbonyl (C=O) groups is 2. The van der Waals surface area contributed by atoms with Gasteiger partial charge in [-0.15, -0.1) is 0 Å². The van der Waals surface area contributed by atoms with Crippen LogP contribution in [0.1, 0.15) is 37.0 Å². The van der Waals surface area contributed by atoms with E-state index in [-0.39, 0.29) is 22.1 Å². The van der Waals surface area contributed by atoms with Crippen LogP contribution in [-0.4, -0.2) is 80.5 Å². The molecule has 0 atom stereocenters. The number of halogens is 1. The number of hydrogen-bond acceptors (Lipinski definition) is 9. The number of phenolic OH excluding ortho intramolecular Hbond substituents is 1. The topological polar surface area (TPSA) is 147 Å². The van der Waals surface area contributed by atoms with Gasteiger partial charge in [0.2, 0.25) is 0 Å². The first kappa shape index (κ1) is 34.3. The van der Waals surface area contributed by atoms with Crippen LogP contribution in [0.3, 0.4) is 0 Å². The lowest BCUT2D eigenvalue weighted by molar-refractivity contribution is 0.0383. The molecule has 1 saturated heterocycles. The van der Waals surface area contributed by atoms with Gasteiger partial charge in [-0.25, -0.2) is 14.5 Å². The molecule has 0 saturated carbocycles. The van der Waals surface area contributed by atoms with E-state index in [9.17, 15) is 14.7 Å². The van der Waals surface area contributed by atoms with E-state index < -0.39 is 6.03 Å². The van der Waals surface area contributed by atoms with Crippen LogP contribution in [0, 0.1) is 0 Å². The lowest BCUT2D eigenvalue weighted by Gasteiger charge is -2.26. The molecular weight excluding hydrogens is 692 g/mol. The molecule has 3 amide bonds. The van der Waals surface area contributed by atoms with Crippen molar-refractivity contribution < 1.29 is 24.2 Å². The van der Waals surface area contributed by atoms with Crippen molar-refractivity contribution in [2.24, 2.45) is 0 Å². The van der Waals surface area contributed by atoms with Crippen LogP contribution in [0.5, 0.6) is 17.2 Å². The Bertz CT molecular complexity index is 2220. The molecule has 1 aliphatic rings. The van der Waals surface area contributed by atoms with Crippen molar-refractivity contribution >= 4 is 61.6 Å². The van der Waals surface area contributed by atoms with Crippen molar-refractivity contribution in [3.05, 3.63) is 89.3 Å². The molecule has 3 aromatic carbocycles. The van der Waals surface area contributed by atoms with Gasteiger partial charge in [0.25, 0.3) is 5.91 Å². The maximum absolute atomic E-state index is 13.1. The van der Waals surface area contributed by atoms with Gasteiger partial charge in [0, 0.05) is 55.6 Å². The van der Waals surface area contributed by atoms with Crippen molar-refractivity contribution in [1.29, 1.82) is 0 Å². The minimum absolute atomic E-state index is 0.0436. The van der Waals surface area contributed by atoms with Crippen LogP contribution in [0.25, 0.3) is 20.9 Å². The molecule has 264 valence electrons. The molecule has 15 heteroatoms. The molecule has 0 radical (unpaired) electrons. The Morgan fingerprint density at radius 2 is 1.76 bits per heavy atom. The highest BCUT2D eigenvalue weighted by Gasteiger charge is 2.22. The molecular formula is C36H37ClN8O5S. The van der Waals surface area contributed by atoms with Gasteiger partial charge in [0.15, 0.2) is 4.96 Å². The largest absolute Gasteiger partial charge is 0.506 e. The number of aromatic nitrogens is 4. The molecule has 51 heavy (non-hydrogen) atoms. The molecule has 0 spiro atoms. The molecule has 3 aromatic heterocycles. The average Bonchev–Trinajstić information content (AvgIpc) is 3.81. The zero-order valence-electron chi connectivity index (χ0n) is 28.3. The fraction of sp³-hybridized carbons (Fsp3) is 0.278. The second-order valence-corrected chi connectivity index (χ2v) is 14.6. The summed E-state index contributed by atoms with van der Waals surface area (Å²) in [5.41, 5.74) is 2.95. The molecule has 1 aliphatic heterocycles. The number of aromatic hydroxyl groups is 1. The number of thiazole rings is 1. The predicted octanol–water partition coefficient (Wildman–Crippen LogP) is 6.89. The van der Waals surface area contributed by atoms with Crippen LogP contribution in [0.2, 0.25) is 5.02 Å². The van der Waals surface area contributed by atoms with E-state index in [0.717, 1.165) is 53.7 Å². The van der Waals surface area contributed by atoms with Gasteiger partial charge in [-0.05, 0) is 54.6 Å². The van der Waals surface area contributed by atoms with E-state index in [4.69, 9.17) is 21.1 Å². The predicted molar refractivity (Wildman–Crippen MR) is 198 cm³/mol. The van der Waals surface area contributed by atoms with Gasteiger partial charge < -0.3 is 25.2 Å². The van der Waals surface area contributed by atoms with E-state index in [2.05, 4.69) is 30.9 Å². The minimum Gasteiger partial charge on any atom is -0.506 e. The summed E-state index contributed by atoms with van der Waals surface area (Å²) < 4.78 is 16.0. The Hall–Kier alpha value is -5.15. The number of amides is 3. The van der Waals surface area contributed by atoms with Gasteiger partial charge in [-0.2, -0.15) is 5.10 Å². The third-order valence-electron chi connectivity index (χ3n) is 8.36. The summed E-state index contributed by atoms with van der Waals surface area (Å²) in [5.74, 6) is 1.44. The molecule has 4 heterocycles. The fourth-order valence-electron chi connectivity index (χ4n) is 5.58.